The van der Waals surface area contributed by atoms with Crippen LogP contribution in [0.1, 0.15) is 17.2 Å². The quantitative estimate of drug-likeness (QED) is 0.917. The van der Waals surface area contributed by atoms with Gasteiger partial charge < -0.3 is 15.4 Å². The van der Waals surface area contributed by atoms with Gasteiger partial charge in [-0.25, -0.2) is 4.39 Å². The third kappa shape index (κ3) is 3.34. The van der Waals surface area contributed by atoms with E-state index in [-0.39, 0.29) is 11.9 Å². The lowest BCUT2D eigenvalue weighted by molar-refractivity contribution is 0.414. The van der Waals surface area contributed by atoms with E-state index in [1.807, 2.05) is 49.2 Å². The highest BCUT2D eigenvalue weighted by atomic mass is 19.1. The first-order chi connectivity index (χ1) is 10.1. The molecule has 0 radical (unpaired) electrons. The highest BCUT2D eigenvalue weighted by Gasteiger charge is 2.20. The first kappa shape index (κ1) is 15.3. The van der Waals surface area contributed by atoms with Crippen LogP contribution < -0.4 is 15.4 Å². The summed E-state index contributed by atoms with van der Waals surface area (Å²) in [4.78, 5) is 1.97. The highest BCUT2D eigenvalue weighted by Crippen LogP contribution is 2.29. The maximum Gasteiger partial charge on any atom is 0.128 e. The van der Waals surface area contributed by atoms with Crippen molar-refractivity contribution in [2.24, 2.45) is 5.73 Å². The van der Waals surface area contributed by atoms with Crippen LogP contribution >= 0.6 is 0 Å². The third-order valence-corrected chi connectivity index (χ3v) is 3.66. The minimum Gasteiger partial charge on any atom is -0.497 e. The summed E-state index contributed by atoms with van der Waals surface area (Å²) in [7, 11) is 3.54. The van der Waals surface area contributed by atoms with Crippen molar-refractivity contribution in [1.82, 2.24) is 0 Å². The van der Waals surface area contributed by atoms with E-state index < -0.39 is 0 Å². The molecule has 0 bridgehead atoms. The molecule has 3 nitrogen and oxygen atoms in total. The lowest BCUT2D eigenvalue weighted by Crippen LogP contribution is -2.31. The number of benzene rings is 2. The molecule has 0 saturated heterocycles. The molecular formula is C17H21FN2O. The molecule has 0 heterocycles. The number of likely N-dealkylation sites (N-methyl/N-ethyl adjacent to an activating group) is 1. The maximum atomic E-state index is 14.1. The molecule has 0 aliphatic heterocycles. The lowest BCUT2D eigenvalue weighted by atomic mass is 10.0. The van der Waals surface area contributed by atoms with E-state index in [1.54, 1.807) is 13.2 Å². The van der Waals surface area contributed by atoms with Gasteiger partial charge in [-0.05, 0) is 25.1 Å². The van der Waals surface area contributed by atoms with E-state index in [4.69, 9.17) is 10.5 Å². The van der Waals surface area contributed by atoms with Gasteiger partial charge in [-0.1, -0.05) is 23.8 Å². The number of ether oxygens (including phenoxy) is 1. The number of rotatable bonds is 5. The van der Waals surface area contributed by atoms with Crippen molar-refractivity contribution in [3.05, 3.63) is 59.4 Å². The van der Waals surface area contributed by atoms with Gasteiger partial charge in [0.1, 0.15) is 11.6 Å². The van der Waals surface area contributed by atoms with Crippen LogP contribution in [0.2, 0.25) is 0 Å². The van der Waals surface area contributed by atoms with Gasteiger partial charge in [0, 0.05) is 30.9 Å². The minimum atomic E-state index is -0.231. The van der Waals surface area contributed by atoms with Crippen LogP contribution in [0.4, 0.5) is 10.1 Å². The third-order valence-electron chi connectivity index (χ3n) is 3.66. The SMILES string of the molecule is COc1cccc(N(C)C(CN)c2cc(C)ccc2F)c1. The van der Waals surface area contributed by atoms with Crippen molar-refractivity contribution in [3.63, 3.8) is 0 Å². The summed E-state index contributed by atoms with van der Waals surface area (Å²) in [5.41, 5.74) is 8.46. The van der Waals surface area contributed by atoms with Crippen molar-refractivity contribution in [2.75, 3.05) is 25.6 Å². The monoisotopic (exact) mass is 288 g/mol. The van der Waals surface area contributed by atoms with Gasteiger partial charge in [-0.2, -0.15) is 0 Å². The van der Waals surface area contributed by atoms with Crippen LogP contribution in [-0.2, 0) is 0 Å². The Morgan fingerprint density at radius 1 is 1.24 bits per heavy atom. The molecule has 0 aromatic heterocycles. The van der Waals surface area contributed by atoms with Gasteiger partial charge in [-0.3, -0.25) is 0 Å². The second-order valence-electron chi connectivity index (χ2n) is 5.09. The van der Waals surface area contributed by atoms with Crippen molar-refractivity contribution < 1.29 is 9.13 Å². The van der Waals surface area contributed by atoms with E-state index in [2.05, 4.69) is 0 Å². The fraction of sp³-hybridized carbons (Fsp3) is 0.294. The lowest BCUT2D eigenvalue weighted by Gasteiger charge is -2.30. The maximum absolute atomic E-state index is 14.1. The first-order valence-corrected chi connectivity index (χ1v) is 6.89. The summed E-state index contributed by atoms with van der Waals surface area (Å²) in [6.45, 7) is 2.27. The van der Waals surface area contributed by atoms with Crippen LogP contribution in [0.25, 0.3) is 0 Å². The molecule has 4 heteroatoms. The molecule has 0 aliphatic carbocycles. The van der Waals surface area contributed by atoms with Crippen LogP contribution in [0.5, 0.6) is 5.75 Å². The zero-order valence-electron chi connectivity index (χ0n) is 12.6. The number of aryl methyl sites for hydroxylation is 1. The van der Waals surface area contributed by atoms with E-state index >= 15 is 0 Å². The number of hydrogen-bond acceptors (Lipinski definition) is 3. The summed E-state index contributed by atoms with van der Waals surface area (Å²) in [6, 6.07) is 12.5. The Balaban J connectivity index is 2.37. The molecule has 0 amide bonds. The smallest absolute Gasteiger partial charge is 0.128 e. The normalized spacial score (nSPS) is 12.0. The second-order valence-corrected chi connectivity index (χ2v) is 5.09. The fourth-order valence-corrected chi connectivity index (χ4v) is 2.42. The average Bonchev–Trinajstić information content (AvgIpc) is 2.51. The molecule has 2 N–H and O–H groups in total. The van der Waals surface area contributed by atoms with Crippen LogP contribution in [-0.4, -0.2) is 20.7 Å². The standard InChI is InChI=1S/C17H21FN2O/c1-12-7-8-16(18)15(9-12)17(11-19)20(2)13-5-4-6-14(10-13)21-3/h4-10,17H,11,19H2,1-3H3. The molecule has 1 atom stereocenters. The number of halogens is 1. The second kappa shape index (κ2) is 6.59. The van der Waals surface area contributed by atoms with Gasteiger partial charge in [0.05, 0.1) is 13.2 Å². The average molecular weight is 288 g/mol. The van der Waals surface area contributed by atoms with Crippen LogP contribution in [0.3, 0.4) is 0 Å². The molecule has 112 valence electrons. The van der Waals surface area contributed by atoms with Gasteiger partial charge in [0.15, 0.2) is 0 Å². The largest absolute Gasteiger partial charge is 0.497 e. The van der Waals surface area contributed by atoms with E-state index in [0.717, 1.165) is 17.0 Å². The van der Waals surface area contributed by atoms with E-state index in [9.17, 15) is 4.39 Å². The number of nitrogens with zero attached hydrogens (tertiary/aromatic N) is 1. The van der Waals surface area contributed by atoms with Gasteiger partial charge in [0.25, 0.3) is 0 Å². The molecule has 2 rings (SSSR count). The fourth-order valence-electron chi connectivity index (χ4n) is 2.42. The first-order valence-electron chi connectivity index (χ1n) is 6.89. The Bertz CT molecular complexity index is 615. The van der Waals surface area contributed by atoms with Crippen molar-refractivity contribution in [2.45, 2.75) is 13.0 Å². The van der Waals surface area contributed by atoms with Crippen molar-refractivity contribution in [3.8, 4) is 5.75 Å². The van der Waals surface area contributed by atoms with Crippen molar-refractivity contribution >= 4 is 5.69 Å². The molecule has 0 saturated carbocycles. The predicted molar refractivity (Wildman–Crippen MR) is 84.3 cm³/mol. The molecule has 0 fully saturated rings. The Morgan fingerprint density at radius 3 is 2.67 bits per heavy atom. The molecule has 0 aliphatic rings. The Labute approximate surface area is 125 Å². The number of nitrogens with two attached hydrogens (primary N) is 1. The number of hydrogen-bond donors (Lipinski definition) is 1. The highest BCUT2D eigenvalue weighted by molar-refractivity contribution is 5.52. The van der Waals surface area contributed by atoms with Crippen LogP contribution in [0, 0.1) is 12.7 Å². The molecular weight excluding hydrogens is 267 g/mol. The Morgan fingerprint density at radius 2 is 2.00 bits per heavy atom. The predicted octanol–water partition coefficient (Wildman–Crippen LogP) is 3.28. The summed E-state index contributed by atoms with van der Waals surface area (Å²) >= 11 is 0. The molecule has 2 aromatic carbocycles. The molecule has 2 aromatic rings. The molecule has 0 spiro atoms. The number of anilines is 1. The molecule has 1 unspecified atom stereocenters. The summed E-state index contributed by atoms with van der Waals surface area (Å²) < 4.78 is 19.4. The molecule has 21 heavy (non-hydrogen) atoms. The van der Waals surface area contributed by atoms with Gasteiger partial charge >= 0.3 is 0 Å². The van der Waals surface area contributed by atoms with Gasteiger partial charge in [-0.15, -0.1) is 0 Å². The topological polar surface area (TPSA) is 38.5 Å². The van der Waals surface area contributed by atoms with Gasteiger partial charge in [0.2, 0.25) is 0 Å². The zero-order valence-corrected chi connectivity index (χ0v) is 12.6. The summed E-state index contributed by atoms with van der Waals surface area (Å²) in [5.74, 6) is 0.533. The number of methoxy groups -OCH3 is 1. The Kier molecular flexibility index (Phi) is 4.81. The van der Waals surface area contributed by atoms with Crippen molar-refractivity contribution in [1.29, 1.82) is 0 Å². The zero-order chi connectivity index (χ0) is 15.4. The summed E-state index contributed by atoms with van der Waals surface area (Å²) in [5, 5.41) is 0. The summed E-state index contributed by atoms with van der Waals surface area (Å²) in [6.07, 6.45) is 0. The van der Waals surface area contributed by atoms with Crippen LogP contribution in [0.15, 0.2) is 42.5 Å². The Hall–Kier alpha value is -2.07. The van der Waals surface area contributed by atoms with E-state index in [1.165, 1.54) is 6.07 Å². The minimum absolute atomic E-state index is 0.225. The van der Waals surface area contributed by atoms with E-state index in [0.29, 0.717) is 12.1 Å².